The third kappa shape index (κ3) is 2.30. The van der Waals surface area contributed by atoms with Gasteiger partial charge in [-0.05, 0) is 12.1 Å². The third-order valence-corrected chi connectivity index (χ3v) is 3.57. The lowest BCUT2D eigenvalue weighted by Gasteiger charge is -2.27. The molecule has 0 unspecified atom stereocenters. The highest BCUT2D eigenvalue weighted by Gasteiger charge is 2.12. The summed E-state index contributed by atoms with van der Waals surface area (Å²) in [6, 6.07) is 4.06. The van der Waals surface area contributed by atoms with Gasteiger partial charge in [-0.15, -0.1) is 11.3 Å². The summed E-state index contributed by atoms with van der Waals surface area (Å²) in [5.41, 5.74) is 7.52. The van der Waals surface area contributed by atoms with E-state index in [4.69, 9.17) is 10.5 Å². The lowest BCUT2D eigenvalue weighted by molar-refractivity contribution is 0.122. The molecule has 6 heteroatoms. The van der Waals surface area contributed by atoms with E-state index in [0.29, 0.717) is 5.13 Å². The molecule has 0 aliphatic carbocycles. The molecular formula is C12H14N4OS. The van der Waals surface area contributed by atoms with Gasteiger partial charge in [-0.25, -0.2) is 9.97 Å². The summed E-state index contributed by atoms with van der Waals surface area (Å²) >= 11 is 1.44. The average Bonchev–Trinajstić information content (AvgIpc) is 2.87. The van der Waals surface area contributed by atoms with Crippen LogP contribution in [0.2, 0.25) is 0 Å². The molecule has 0 saturated carbocycles. The van der Waals surface area contributed by atoms with Crippen molar-refractivity contribution in [3.8, 4) is 11.3 Å². The summed E-state index contributed by atoms with van der Waals surface area (Å²) in [5.74, 6) is 0.991. The molecule has 2 N–H and O–H groups in total. The summed E-state index contributed by atoms with van der Waals surface area (Å²) in [6.45, 7) is 3.34. The summed E-state index contributed by atoms with van der Waals surface area (Å²) < 4.78 is 5.33. The van der Waals surface area contributed by atoms with Crippen LogP contribution < -0.4 is 10.6 Å². The number of ether oxygens (including phenoxy) is 1. The van der Waals surface area contributed by atoms with E-state index in [1.807, 2.05) is 23.7 Å². The van der Waals surface area contributed by atoms with Crippen LogP contribution in [0.1, 0.15) is 0 Å². The van der Waals surface area contributed by atoms with Crippen molar-refractivity contribution in [2.24, 2.45) is 0 Å². The topological polar surface area (TPSA) is 64.3 Å². The van der Waals surface area contributed by atoms with Crippen LogP contribution in [-0.4, -0.2) is 36.3 Å². The molecule has 1 aliphatic rings. The fourth-order valence-electron chi connectivity index (χ4n) is 1.94. The van der Waals surface area contributed by atoms with Crippen molar-refractivity contribution < 1.29 is 4.74 Å². The molecule has 1 saturated heterocycles. The zero-order valence-corrected chi connectivity index (χ0v) is 10.7. The van der Waals surface area contributed by atoms with Gasteiger partial charge in [-0.2, -0.15) is 0 Å². The van der Waals surface area contributed by atoms with E-state index in [9.17, 15) is 0 Å². The third-order valence-electron chi connectivity index (χ3n) is 2.90. The molecule has 1 fully saturated rings. The lowest BCUT2D eigenvalue weighted by Crippen LogP contribution is -2.36. The van der Waals surface area contributed by atoms with Crippen molar-refractivity contribution in [1.82, 2.24) is 9.97 Å². The second-order valence-electron chi connectivity index (χ2n) is 4.08. The molecule has 94 valence electrons. The minimum Gasteiger partial charge on any atom is -0.378 e. The predicted molar refractivity (Wildman–Crippen MR) is 72.8 cm³/mol. The van der Waals surface area contributed by atoms with Gasteiger partial charge < -0.3 is 15.4 Å². The number of thiazole rings is 1. The van der Waals surface area contributed by atoms with Crippen molar-refractivity contribution in [3.05, 3.63) is 23.7 Å². The Morgan fingerprint density at radius 3 is 2.72 bits per heavy atom. The maximum absolute atomic E-state index is 5.63. The molecule has 0 spiro atoms. The van der Waals surface area contributed by atoms with Crippen LogP contribution in [-0.2, 0) is 4.74 Å². The number of aromatic nitrogens is 2. The maximum Gasteiger partial charge on any atom is 0.180 e. The number of nitrogens with zero attached hydrogens (tertiary/aromatic N) is 3. The molecular weight excluding hydrogens is 248 g/mol. The number of nitrogens with two attached hydrogens (primary N) is 1. The first-order valence-electron chi connectivity index (χ1n) is 5.83. The van der Waals surface area contributed by atoms with E-state index in [-0.39, 0.29) is 0 Å². The second kappa shape index (κ2) is 4.91. The van der Waals surface area contributed by atoms with Crippen LogP contribution in [0.4, 0.5) is 10.9 Å². The number of hydrogen-bond acceptors (Lipinski definition) is 6. The van der Waals surface area contributed by atoms with E-state index in [1.54, 1.807) is 0 Å². The fraction of sp³-hybridized carbons (Fsp3) is 0.333. The van der Waals surface area contributed by atoms with Crippen LogP contribution in [0.3, 0.4) is 0 Å². The summed E-state index contributed by atoms with van der Waals surface area (Å²) in [5, 5.41) is 2.53. The number of pyridine rings is 1. The lowest BCUT2D eigenvalue weighted by atomic mass is 10.2. The quantitative estimate of drug-likeness (QED) is 0.891. The first-order chi connectivity index (χ1) is 8.83. The second-order valence-corrected chi connectivity index (χ2v) is 4.97. The Hall–Kier alpha value is -1.66. The molecule has 0 atom stereocenters. The van der Waals surface area contributed by atoms with E-state index in [2.05, 4.69) is 14.9 Å². The Kier molecular flexibility index (Phi) is 3.12. The SMILES string of the molecule is Nc1nc(-c2ccc(N3CCOCC3)nc2)cs1. The monoisotopic (exact) mass is 262 g/mol. The van der Waals surface area contributed by atoms with E-state index in [0.717, 1.165) is 43.4 Å². The Morgan fingerprint density at radius 2 is 2.11 bits per heavy atom. The Balaban J connectivity index is 1.80. The molecule has 5 nitrogen and oxygen atoms in total. The zero-order valence-electron chi connectivity index (χ0n) is 9.87. The van der Waals surface area contributed by atoms with Gasteiger partial charge in [0.25, 0.3) is 0 Å². The highest BCUT2D eigenvalue weighted by molar-refractivity contribution is 7.13. The van der Waals surface area contributed by atoms with Gasteiger partial charge in [-0.1, -0.05) is 0 Å². The standard InChI is InChI=1S/C12H14N4OS/c13-12-15-10(8-18-12)9-1-2-11(14-7-9)16-3-5-17-6-4-16/h1-2,7-8H,3-6H2,(H2,13,15). The van der Waals surface area contributed by atoms with E-state index in [1.165, 1.54) is 11.3 Å². The fourth-order valence-corrected chi connectivity index (χ4v) is 2.51. The molecule has 0 aromatic carbocycles. The molecule has 0 radical (unpaired) electrons. The highest BCUT2D eigenvalue weighted by atomic mass is 32.1. The van der Waals surface area contributed by atoms with Gasteiger partial charge in [-0.3, -0.25) is 0 Å². The summed E-state index contributed by atoms with van der Waals surface area (Å²) in [4.78, 5) is 11.0. The minimum atomic E-state index is 0.585. The largest absolute Gasteiger partial charge is 0.378 e. The van der Waals surface area contributed by atoms with E-state index >= 15 is 0 Å². The number of nitrogen functional groups attached to an aromatic ring is 1. The predicted octanol–water partition coefficient (Wildman–Crippen LogP) is 1.62. The highest BCUT2D eigenvalue weighted by Crippen LogP contribution is 2.24. The van der Waals surface area contributed by atoms with Crippen molar-refractivity contribution in [2.75, 3.05) is 36.9 Å². The molecule has 2 aromatic heterocycles. The van der Waals surface area contributed by atoms with Crippen molar-refractivity contribution in [1.29, 1.82) is 0 Å². The van der Waals surface area contributed by atoms with Crippen LogP contribution in [0.25, 0.3) is 11.3 Å². The maximum atomic E-state index is 5.63. The molecule has 3 rings (SSSR count). The Morgan fingerprint density at radius 1 is 1.28 bits per heavy atom. The molecule has 3 heterocycles. The minimum absolute atomic E-state index is 0.585. The first-order valence-corrected chi connectivity index (χ1v) is 6.71. The van der Waals surface area contributed by atoms with Gasteiger partial charge in [0.05, 0.1) is 18.9 Å². The zero-order chi connectivity index (χ0) is 12.4. The first kappa shape index (κ1) is 11.4. The molecule has 2 aromatic rings. The molecule has 0 amide bonds. The normalized spacial score (nSPS) is 15.9. The van der Waals surface area contributed by atoms with E-state index < -0.39 is 0 Å². The van der Waals surface area contributed by atoms with Gasteiger partial charge in [0, 0.05) is 30.2 Å². The van der Waals surface area contributed by atoms with Crippen molar-refractivity contribution in [3.63, 3.8) is 0 Å². The molecule has 18 heavy (non-hydrogen) atoms. The van der Waals surface area contributed by atoms with Crippen LogP contribution in [0, 0.1) is 0 Å². The van der Waals surface area contributed by atoms with Gasteiger partial charge in [0.15, 0.2) is 5.13 Å². The number of rotatable bonds is 2. The smallest absolute Gasteiger partial charge is 0.180 e. The Bertz CT molecular complexity index is 519. The summed E-state index contributed by atoms with van der Waals surface area (Å²) in [6.07, 6.45) is 1.85. The average molecular weight is 262 g/mol. The van der Waals surface area contributed by atoms with Crippen LogP contribution in [0.5, 0.6) is 0 Å². The van der Waals surface area contributed by atoms with Crippen molar-refractivity contribution >= 4 is 22.3 Å². The molecule has 1 aliphatic heterocycles. The van der Waals surface area contributed by atoms with Crippen LogP contribution >= 0.6 is 11.3 Å². The van der Waals surface area contributed by atoms with Gasteiger partial charge >= 0.3 is 0 Å². The van der Waals surface area contributed by atoms with Crippen molar-refractivity contribution in [2.45, 2.75) is 0 Å². The number of hydrogen-bond donors (Lipinski definition) is 1. The summed E-state index contributed by atoms with van der Waals surface area (Å²) in [7, 11) is 0. The number of morpholine rings is 1. The number of anilines is 2. The van der Waals surface area contributed by atoms with Crippen LogP contribution in [0.15, 0.2) is 23.7 Å². The Labute approximate surface area is 109 Å². The van der Waals surface area contributed by atoms with Gasteiger partial charge in [0.2, 0.25) is 0 Å². The van der Waals surface area contributed by atoms with Gasteiger partial charge in [0.1, 0.15) is 5.82 Å². The molecule has 0 bridgehead atoms.